The van der Waals surface area contributed by atoms with E-state index >= 15 is 0 Å². The van der Waals surface area contributed by atoms with E-state index in [0.717, 1.165) is 5.56 Å². The van der Waals surface area contributed by atoms with E-state index in [0.29, 0.717) is 28.8 Å². The topological polar surface area (TPSA) is 82.4 Å². The maximum atomic E-state index is 13.2. The predicted molar refractivity (Wildman–Crippen MR) is 116 cm³/mol. The Morgan fingerprint density at radius 1 is 1.07 bits per heavy atom. The molecule has 0 radical (unpaired) electrons. The molecule has 1 atom stereocenters. The lowest BCUT2D eigenvalue weighted by molar-refractivity contribution is 0.0933. The monoisotopic (exact) mass is 409 g/mol. The largest absolute Gasteiger partial charge is 0.497 e. The molecule has 1 amide bonds. The van der Waals surface area contributed by atoms with Gasteiger partial charge in [-0.05, 0) is 37.1 Å². The molecular formula is C23H27N3O4. The summed E-state index contributed by atoms with van der Waals surface area (Å²) in [6.07, 6.45) is 0. The molecule has 1 aromatic heterocycles. The van der Waals surface area contributed by atoms with Crippen LogP contribution in [0.2, 0.25) is 0 Å². The first-order valence-electron chi connectivity index (χ1n) is 9.88. The van der Waals surface area contributed by atoms with Gasteiger partial charge in [0.05, 0.1) is 25.6 Å². The fourth-order valence-corrected chi connectivity index (χ4v) is 3.39. The van der Waals surface area contributed by atoms with Crippen molar-refractivity contribution in [1.82, 2.24) is 15.1 Å². The van der Waals surface area contributed by atoms with Gasteiger partial charge in [-0.3, -0.25) is 9.59 Å². The third-order valence-corrected chi connectivity index (χ3v) is 4.87. The number of ether oxygens (including phenoxy) is 2. The Labute approximate surface area is 175 Å². The number of hydrogen-bond acceptors (Lipinski definition) is 5. The van der Waals surface area contributed by atoms with Crippen molar-refractivity contribution in [2.75, 3.05) is 14.2 Å². The van der Waals surface area contributed by atoms with Gasteiger partial charge in [0.15, 0.2) is 5.69 Å². The molecule has 0 aliphatic carbocycles. The van der Waals surface area contributed by atoms with E-state index in [1.165, 1.54) is 4.68 Å². The third-order valence-electron chi connectivity index (χ3n) is 4.87. The van der Waals surface area contributed by atoms with Gasteiger partial charge in [0.1, 0.15) is 11.5 Å². The molecule has 3 aromatic rings. The minimum absolute atomic E-state index is 0.196. The quantitative estimate of drug-likeness (QED) is 0.645. The molecule has 7 heteroatoms. The number of nitrogens with one attached hydrogen (secondary N) is 1. The molecular weight excluding hydrogens is 382 g/mol. The van der Waals surface area contributed by atoms with Gasteiger partial charge in [-0.15, -0.1) is 0 Å². The molecule has 0 spiro atoms. The number of rotatable bonds is 7. The standard InChI is InChI=1S/C23H27N3O4/c1-14(2)13-26-23(28)18-9-7-6-8-17(18)21(25-26)22(27)24-15(3)19-12-16(29-4)10-11-20(19)30-5/h6-12,14-15H,13H2,1-5H3,(H,24,27)/t15-/m0/s1. The number of nitrogens with zero attached hydrogens (tertiary/aromatic N) is 2. The second kappa shape index (κ2) is 8.98. The lowest BCUT2D eigenvalue weighted by Gasteiger charge is -2.19. The van der Waals surface area contributed by atoms with Gasteiger partial charge >= 0.3 is 0 Å². The molecule has 2 aromatic carbocycles. The summed E-state index contributed by atoms with van der Waals surface area (Å²) < 4.78 is 12.1. The highest BCUT2D eigenvalue weighted by molar-refractivity contribution is 6.04. The Hall–Kier alpha value is -3.35. The van der Waals surface area contributed by atoms with Crippen LogP contribution in [0.5, 0.6) is 11.5 Å². The van der Waals surface area contributed by atoms with Crippen LogP contribution in [0, 0.1) is 5.92 Å². The molecule has 3 rings (SSSR count). The maximum Gasteiger partial charge on any atom is 0.274 e. The van der Waals surface area contributed by atoms with Gasteiger partial charge < -0.3 is 14.8 Å². The summed E-state index contributed by atoms with van der Waals surface area (Å²) in [5.74, 6) is 1.17. The van der Waals surface area contributed by atoms with E-state index in [9.17, 15) is 9.59 Å². The van der Waals surface area contributed by atoms with Crippen LogP contribution < -0.4 is 20.3 Å². The Balaban J connectivity index is 2.01. The van der Waals surface area contributed by atoms with Crippen LogP contribution in [0.25, 0.3) is 10.8 Å². The lowest BCUT2D eigenvalue weighted by atomic mass is 10.1. The predicted octanol–water partition coefficient (Wildman–Crippen LogP) is 3.56. The zero-order chi connectivity index (χ0) is 21.8. The lowest BCUT2D eigenvalue weighted by Crippen LogP contribution is -2.33. The van der Waals surface area contributed by atoms with Crippen LogP contribution in [-0.4, -0.2) is 29.9 Å². The second-order valence-electron chi connectivity index (χ2n) is 7.58. The Morgan fingerprint density at radius 2 is 1.77 bits per heavy atom. The summed E-state index contributed by atoms with van der Waals surface area (Å²) in [5, 5.41) is 8.39. The number of benzene rings is 2. The Bertz CT molecular complexity index is 1120. The number of carbonyl (C=O) groups is 1. The van der Waals surface area contributed by atoms with Crippen molar-refractivity contribution in [3.8, 4) is 11.5 Å². The average Bonchev–Trinajstić information content (AvgIpc) is 2.74. The summed E-state index contributed by atoms with van der Waals surface area (Å²) in [6, 6.07) is 12.1. The van der Waals surface area contributed by atoms with Crippen molar-refractivity contribution in [2.45, 2.75) is 33.4 Å². The van der Waals surface area contributed by atoms with E-state index in [4.69, 9.17) is 9.47 Å². The molecule has 0 aliphatic heterocycles. The van der Waals surface area contributed by atoms with Gasteiger partial charge in [0.2, 0.25) is 0 Å². The molecule has 0 bridgehead atoms. The number of amides is 1. The van der Waals surface area contributed by atoms with Crippen LogP contribution in [-0.2, 0) is 6.54 Å². The molecule has 1 heterocycles. The smallest absolute Gasteiger partial charge is 0.274 e. The number of aromatic nitrogens is 2. The summed E-state index contributed by atoms with van der Waals surface area (Å²) in [7, 11) is 3.17. The van der Waals surface area contributed by atoms with Gasteiger partial charge in [0, 0.05) is 17.5 Å². The Kier molecular flexibility index (Phi) is 6.40. The minimum Gasteiger partial charge on any atom is -0.497 e. The van der Waals surface area contributed by atoms with Crippen LogP contribution >= 0.6 is 0 Å². The number of carbonyl (C=O) groups excluding carboxylic acids is 1. The summed E-state index contributed by atoms with van der Waals surface area (Å²) in [5.41, 5.74) is 0.808. The summed E-state index contributed by atoms with van der Waals surface area (Å²) >= 11 is 0. The number of hydrogen-bond donors (Lipinski definition) is 1. The SMILES string of the molecule is COc1ccc(OC)c([C@H](C)NC(=O)c2nn(CC(C)C)c(=O)c3ccccc23)c1. The zero-order valence-corrected chi connectivity index (χ0v) is 17.9. The van der Waals surface area contributed by atoms with Gasteiger partial charge in [-0.2, -0.15) is 5.10 Å². The van der Waals surface area contributed by atoms with Crippen molar-refractivity contribution in [3.05, 3.63) is 64.1 Å². The van der Waals surface area contributed by atoms with Crippen LogP contribution in [0.4, 0.5) is 0 Å². The molecule has 0 unspecified atom stereocenters. The molecule has 0 saturated heterocycles. The second-order valence-corrected chi connectivity index (χ2v) is 7.58. The molecule has 0 saturated carbocycles. The molecule has 30 heavy (non-hydrogen) atoms. The van der Waals surface area contributed by atoms with E-state index in [2.05, 4.69) is 10.4 Å². The average molecular weight is 409 g/mol. The van der Waals surface area contributed by atoms with Crippen LogP contribution in [0.3, 0.4) is 0 Å². The molecule has 7 nitrogen and oxygen atoms in total. The van der Waals surface area contributed by atoms with Crippen LogP contribution in [0.15, 0.2) is 47.3 Å². The molecule has 1 N–H and O–H groups in total. The molecule has 0 fully saturated rings. The first kappa shape index (κ1) is 21.4. The zero-order valence-electron chi connectivity index (χ0n) is 17.9. The summed E-state index contributed by atoms with van der Waals surface area (Å²) in [6.45, 7) is 6.30. The summed E-state index contributed by atoms with van der Waals surface area (Å²) in [4.78, 5) is 26.0. The Morgan fingerprint density at radius 3 is 2.40 bits per heavy atom. The first-order valence-corrected chi connectivity index (χ1v) is 9.88. The van der Waals surface area contributed by atoms with E-state index in [-0.39, 0.29) is 29.1 Å². The fourth-order valence-electron chi connectivity index (χ4n) is 3.39. The first-order chi connectivity index (χ1) is 14.3. The number of fused-ring (bicyclic) bond motifs is 1. The highest BCUT2D eigenvalue weighted by atomic mass is 16.5. The highest BCUT2D eigenvalue weighted by Crippen LogP contribution is 2.29. The van der Waals surface area contributed by atoms with Crippen molar-refractivity contribution in [3.63, 3.8) is 0 Å². The van der Waals surface area contributed by atoms with Crippen LogP contribution in [0.1, 0.15) is 42.9 Å². The molecule has 158 valence electrons. The number of methoxy groups -OCH3 is 2. The third kappa shape index (κ3) is 4.30. The minimum atomic E-state index is -0.367. The van der Waals surface area contributed by atoms with Gasteiger partial charge in [0.25, 0.3) is 11.5 Å². The van der Waals surface area contributed by atoms with E-state index in [1.54, 1.807) is 50.6 Å². The fraction of sp³-hybridized carbons (Fsp3) is 0.348. The van der Waals surface area contributed by atoms with Crippen molar-refractivity contribution in [2.24, 2.45) is 5.92 Å². The highest BCUT2D eigenvalue weighted by Gasteiger charge is 2.21. The van der Waals surface area contributed by atoms with Crippen molar-refractivity contribution >= 4 is 16.7 Å². The van der Waals surface area contributed by atoms with Crippen molar-refractivity contribution < 1.29 is 14.3 Å². The van der Waals surface area contributed by atoms with E-state index < -0.39 is 0 Å². The normalized spacial score (nSPS) is 12.1. The van der Waals surface area contributed by atoms with Gasteiger partial charge in [-0.1, -0.05) is 32.0 Å². The maximum absolute atomic E-state index is 13.2. The van der Waals surface area contributed by atoms with Gasteiger partial charge in [-0.25, -0.2) is 4.68 Å². The van der Waals surface area contributed by atoms with E-state index in [1.807, 2.05) is 26.8 Å². The molecule has 0 aliphatic rings. The van der Waals surface area contributed by atoms with Crippen molar-refractivity contribution in [1.29, 1.82) is 0 Å².